The lowest BCUT2D eigenvalue weighted by atomic mass is 9.98. The molecule has 0 aromatic heterocycles. The molecule has 138 valence electrons. The third kappa shape index (κ3) is 4.44. The predicted molar refractivity (Wildman–Crippen MR) is 92.7 cm³/mol. The SMILES string of the molecule is CC(OC(=O)C1CCN(S(=O)(=O)c2c(Cl)cccc2Cl)CC1)C(N)=O. The number of nitrogens with zero attached hydrogens (tertiary/aromatic N) is 1. The highest BCUT2D eigenvalue weighted by atomic mass is 35.5. The fourth-order valence-corrected chi connectivity index (χ4v) is 5.08. The number of carbonyl (C=O) groups is 2. The minimum atomic E-state index is -3.87. The van der Waals surface area contributed by atoms with Gasteiger partial charge in [-0.2, -0.15) is 4.31 Å². The second-order valence-corrected chi connectivity index (χ2v) is 8.40. The average molecular weight is 409 g/mol. The van der Waals surface area contributed by atoms with Crippen LogP contribution >= 0.6 is 23.2 Å². The fraction of sp³-hybridized carbons (Fsp3) is 0.467. The summed E-state index contributed by atoms with van der Waals surface area (Å²) in [6.45, 7) is 1.63. The lowest BCUT2D eigenvalue weighted by molar-refractivity contribution is -0.159. The Kier molecular flexibility index (Phi) is 6.31. The van der Waals surface area contributed by atoms with Crippen LogP contribution < -0.4 is 5.73 Å². The highest BCUT2D eigenvalue weighted by Crippen LogP contribution is 2.33. The first kappa shape index (κ1) is 20.0. The van der Waals surface area contributed by atoms with E-state index in [-0.39, 0.29) is 40.9 Å². The zero-order chi connectivity index (χ0) is 18.8. The molecule has 1 fully saturated rings. The molecule has 25 heavy (non-hydrogen) atoms. The number of primary amides is 1. The first-order valence-corrected chi connectivity index (χ1v) is 9.78. The van der Waals surface area contributed by atoms with Gasteiger partial charge in [-0.15, -0.1) is 0 Å². The summed E-state index contributed by atoms with van der Waals surface area (Å²) in [7, 11) is -3.87. The number of sulfonamides is 1. The predicted octanol–water partition coefficient (Wildman–Crippen LogP) is 1.81. The maximum absolute atomic E-state index is 12.8. The summed E-state index contributed by atoms with van der Waals surface area (Å²) < 4.78 is 31.7. The summed E-state index contributed by atoms with van der Waals surface area (Å²) in [6, 6.07) is 4.47. The number of hydrogen-bond donors (Lipinski definition) is 1. The normalized spacial score (nSPS) is 17.9. The topological polar surface area (TPSA) is 107 Å². The van der Waals surface area contributed by atoms with Crippen LogP contribution in [0.5, 0.6) is 0 Å². The maximum Gasteiger partial charge on any atom is 0.309 e. The van der Waals surface area contributed by atoms with Crippen LogP contribution in [0.15, 0.2) is 23.1 Å². The summed E-state index contributed by atoms with van der Waals surface area (Å²) in [4.78, 5) is 22.8. The molecule has 1 unspecified atom stereocenters. The maximum atomic E-state index is 12.8. The van der Waals surface area contributed by atoms with Crippen molar-refractivity contribution in [1.82, 2.24) is 4.31 Å². The summed E-state index contributed by atoms with van der Waals surface area (Å²) in [5.41, 5.74) is 5.06. The molecule has 1 atom stereocenters. The van der Waals surface area contributed by atoms with Gasteiger partial charge in [0.1, 0.15) is 4.90 Å². The Hall–Kier alpha value is -1.35. The molecule has 2 rings (SSSR count). The van der Waals surface area contributed by atoms with Gasteiger partial charge in [0.25, 0.3) is 5.91 Å². The first-order chi connectivity index (χ1) is 11.6. The molecule has 0 aliphatic carbocycles. The zero-order valence-electron chi connectivity index (χ0n) is 13.4. The van der Waals surface area contributed by atoms with Gasteiger partial charge in [-0.25, -0.2) is 8.42 Å². The third-order valence-corrected chi connectivity index (χ3v) is 6.85. The molecule has 10 heteroatoms. The third-order valence-electron chi connectivity index (χ3n) is 4.00. The van der Waals surface area contributed by atoms with Gasteiger partial charge in [0.15, 0.2) is 6.10 Å². The molecule has 1 aromatic rings. The summed E-state index contributed by atoms with van der Waals surface area (Å²) in [5.74, 6) is -1.78. The molecule has 1 aromatic carbocycles. The van der Waals surface area contributed by atoms with Crippen LogP contribution in [0.4, 0.5) is 0 Å². The van der Waals surface area contributed by atoms with Gasteiger partial charge in [0, 0.05) is 13.1 Å². The van der Waals surface area contributed by atoms with Gasteiger partial charge in [-0.1, -0.05) is 29.3 Å². The minimum Gasteiger partial charge on any atom is -0.452 e. The molecule has 7 nitrogen and oxygen atoms in total. The molecule has 1 amide bonds. The highest BCUT2D eigenvalue weighted by Gasteiger charge is 2.35. The van der Waals surface area contributed by atoms with E-state index in [9.17, 15) is 18.0 Å². The molecule has 0 spiro atoms. The van der Waals surface area contributed by atoms with Gasteiger partial charge in [-0.3, -0.25) is 9.59 Å². The molecule has 1 aliphatic heterocycles. The Morgan fingerprint density at radius 1 is 1.24 bits per heavy atom. The van der Waals surface area contributed by atoms with Crippen LogP contribution in [0.25, 0.3) is 0 Å². The molecular formula is C15H18Cl2N2O5S. The second-order valence-electron chi connectivity index (χ2n) is 5.71. The van der Waals surface area contributed by atoms with Crippen LogP contribution in [0.1, 0.15) is 19.8 Å². The van der Waals surface area contributed by atoms with E-state index in [2.05, 4.69) is 0 Å². The van der Waals surface area contributed by atoms with Crippen molar-refractivity contribution in [2.75, 3.05) is 13.1 Å². The van der Waals surface area contributed by atoms with E-state index in [1.807, 2.05) is 0 Å². The van der Waals surface area contributed by atoms with Gasteiger partial charge >= 0.3 is 5.97 Å². The first-order valence-electron chi connectivity index (χ1n) is 7.58. The fourth-order valence-electron chi connectivity index (χ4n) is 2.52. The molecule has 1 saturated heterocycles. The number of ether oxygens (including phenoxy) is 1. The van der Waals surface area contributed by atoms with E-state index in [1.165, 1.54) is 23.4 Å². The highest BCUT2D eigenvalue weighted by molar-refractivity contribution is 7.89. The molecular weight excluding hydrogens is 391 g/mol. The summed E-state index contributed by atoms with van der Waals surface area (Å²) >= 11 is 12.0. The van der Waals surface area contributed by atoms with E-state index in [0.29, 0.717) is 0 Å². The quantitative estimate of drug-likeness (QED) is 0.747. The largest absolute Gasteiger partial charge is 0.452 e. The van der Waals surface area contributed by atoms with Crippen molar-refractivity contribution in [3.8, 4) is 0 Å². The van der Waals surface area contributed by atoms with Gasteiger partial charge in [0.05, 0.1) is 16.0 Å². The van der Waals surface area contributed by atoms with Crippen LogP contribution in [0.3, 0.4) is 0 Å². The number of rotatable bonds is 5. The average Bonchev–Trinajstić information content (AvgIpc) is 2.54. The van der Waals surface area contributed by atoms with Crippen molar-refractivity contribution in [3.63, 3.8) is 0 Å². The van der Waals surface area contributed by atoms with Crippen molar-refractivity contribution >= 4 is 45.1 Å². The second kappa shape index (κ2) is 7.90. The van der Waals surface area contributed by atoms with Crippen molar-refractivity contribution < 1.29 is 22.7 Å². The van der Waals surface area contributed by atoms with Crippen molar-refractivity contribution in [2.24, 2.45) is 11.7 Å². The molecule has 1 aliphatic rings. The standard InChI is InChI=1S/C15H18Cl2N2O5S/c1-9(14(18)20)24-15(21)10-5-7-19(8-6-10)25(22,23)13-11(16)3-2-4-12(13)17/h2-4,9-10H,5-8H2,1H3,(H2,18,20). The minimum absolute atomic E-state index is 0.0457. The molecule has 1 heterocycles. The number of piperidine rings is 1. The zero-order valence-corrected chi connectivity index (χ0v) is 15.8. The Labute approximate surface area is 156 Å². The number of amides is 1. The summed E-state index contributed by atoms with van der Waals surface area (Å²) in [6.07, 6.45) is -0.478. The molecule has 0 radical (unpaired) electrons. The Balaban J connectivity index is 2.07. The number of nitrogens with two attached hydrogens (primary N) is 1. The van der Waals surface area contributed by atoms with Gasteiger partial charge < -0.3 is 10.5 Å². The van der Waals surface area contributed by atoms with Crippen molar-refractivity contribution in [1.29, 1.82) is 0 Å². The van der Waals surface area contributed by atoms with E-state index in [4.69, 9.17) is 33.7 Å². The molecule has 2 N–H and O–H groups in total. The number of carbonyl (C=O) groups excluding carboxylic acids is 2. The van der Waals surface area contributed by atoms with Crippen LogP contribution in [0, 0.1) is 5.92 Å². The lowest BCUT2D eigenvalue weighted by Crippen LogP contribution is -2.42. The van der Waals surface area contributed by atoms with E-state index in [1.54, 1.807) is 6.07 Å². The van der Waals surface area contributed by atoms with Crippen molar-refractivity contribution in [3.05, 3.63) is 28.2 Å². The van der Waals surface area contributed by atoms with Crippen LogP contribution in [0.2, 0.25) is 10.0 Å². The lowest BCUT2D eigenvalue weighted by Gasteiger charge is -2.30. The van der Waals surface area contributed by atoms with Crippen LogP contribution in [-0.2, 0) is 24.3 Å². The molecule has 0 saturated carbocycles. The van der Waals surface area contributed by atoms with Crippen LogP contribution in [-0.4, -0.2) is 43.8 Å². The Bertz CT molecular complexity index is 756. The van der Waals surface area contributed by atoms with E-state index < -0.39 is 33.9 Å². The van der Waals surface area contributed by atoms with E-state index in [0.717, 1.165) is 0 Å². The van der Waals surface area contributed by atoms with Gasteiger partial charge in [-0.05, 0) is 31.9 Å². The Morgan fingerprint density at radius 3 is 2.24 bits per heavy atom. The monoisotopic (exact) mass is 408 g/mol. The smallest absolute Gasteiger partial charge is 0.309 e. The number of esters is 1. The van der Waals surface area contributed by atoms with E-state index >= 15 is 0 Å². The Morgan fingerprint density at radius 2 is 1.76 bits per heavy atom. The number of halogens is 2. The number of hydrogen-bond acceptors (Lipinski definition) is 5. The van der Waals surface area contributed by atoms with Crippen molar-refractivity contribution in [2.45, 2.75) is 30.8 Å². The van der Waals surface area contributed by atoms with Gasteiger partial charge in [0.2, 0.25) is 10.0 Å². The number of benzene rings is 1. The summed E-state index contributed by atoms with van der Waals surface area (Å²) in [5, 5.41) is 0.0913. The molecule has 0 bridgehead atoms.